The first-order chi connectivity index (χ1) is 14.5. The van der Waals surface area contributed by atoms with Gasteiger partial charge in [-0.15, -0.1) is 0 Å². The lowest BCUT2D eigenvalue weighted by Crippen LogP contribution is -2.35. The first-order valence-corrected chi connectivity index (χ1v) is 8.76. The molecule has 0 bridgehead atoms. The van der Waals surface area contributed by atoms with Crippen LogP contribution in [-0.4, -0.2) is 31.4 Å². The standard InChI is InChI=1S/C19H13F5N6O/c1-9-2-4-10(5-3-9)14-11-6-7-13-26-12(16(31)29-25)8-30(13)15(11)28-17(27-14)18(20,21)19(22,23)24/h2-8H,25H2,1H3,(H,29,31). The zero-order chi connectivity index (χ0) is 22.6. The SMILES string of the molecule is Cc1ccc(-c2nc(C(F)(F)C(F)(F)F)nc3c2ccc2nc(C(=O)NN)cn23)cc1. The van der Waals surface area contributed by atoms with Gasteiger partial charge in [-0.05, 0) is 19.1 Å². The molecule has 160 valence electrons. The molecule has 4 aromatic rings. The number of nitrogen functional groups attached to an aromatic ring is 1. The molecule has 0 aliphatic carbocycles. The van der Waals surface area contributed by atoms with Crippen LogP contribution in [0.15, 0.2) is 42.6 Å². The van der Waals surface area contributed by atoms with Gasteiger partial charge < -0.3 is 0 Å². The van der Waals surface area contributed by atoms with Crippen LogP contribution in [0.3, 0.4) is 0 Å². The fourth-order valence-corrected chi connectivity index (χ4v) is 3.02. The van der Waals surface area contributed by atoms with Crippen molar-refractivity contribution in [2.45, 2.75) is 19.0 Å². The molecule has 1 amide bonds. The summed E-state index contributed by atoms with van der Waals surface area (Å²) in [6.07, 6.45) is -4.76. The monoisotopic (exact) mass is 436 g/mol. The molecule has 0 unspecified atom stereocenters. The maximum absolute atomic E-state index is 14.2. The minimum Gasteiger partial charge on any atom is -0.289 e. The topological polar surface area (TPSA) is 98.2 Å². The largest absolute Gasteiger partial charge is 0.461 e. The Hall–Kier alpha value is -3.67. The lowest BCUT2D eigenvalue weighted by molar-refractivity contribution is -0.292. The Morgan fingerprint density at radius 3 is 2.29 bits per heavy atom. The van der Waals surface area contributed by atoms with Crippen molar-refractivity contribution in [2.24, 2.45) is 5.84 Å². The van der Waals surface area contributed by atoms with E-state index in [0.717, 1.165) is 16.2 Å². The number of pyridine rings is 1. The van der Waals surface area contributed by atoms with E-state index in [1.165, 1.54) is 12.1 Å². The van der Waals surface area contributed by atoms with Gasteiger partial charge in [0.15, 0.2) is 0 Å². The van der Waals surface area contributed by atoms with E-state index in [1.807, 2.05) is 5.43 Å². The highest BCUT2D eigenvalue weighted by Crippen LogP contribution is 2.43. The number of aryl methyl sites for hydroxylation is 1. The molecule has 12 heteroatoms. The van der Waals surface area contributed by atoms with Gasteiger partial charge >= 0.3 is 12.1 Å². The van der Waals surface area contributed by atoms with E-state index < -0.39 is 23.8 Å². The lowest BCUT2D eigenvalue weighted by atomic mass is 10.1. The number of carbonyl (C=O) groups excluding carboxylic acids is 1. The Kier molecular flexibility index (Phi) is 4.61. The van der Waals surface area contributed by atoms with Crippen molar-refractivity contribution in [1.29, 1.82) is 0 Å². The fraction of sp³-hybridized carbons (Fsp3) is 0.158. The summed E-state index contributed by atoms with van der Waals surface area (Å²) in [4.78, 5) is 22.9. The number of nitrogens with zero attached hydrogens (tertiary/aromatic N) is 4. The molecule has 0 aliphatic heterocycles. The number of hydrogen-bond donors (Lipinski definition) is 2. The summed E-state index contributed by atoms with van der Waals surface area (Å²) < 4.78 is 68.7. The average molecular weight is 436 g/mol. The number of imidazole rings is 1. The number of benzene rings is 1. The Morgan fingerprint density at radius 2 is 1.68 bits per heavy atom. The molecular weight excluding hydrogens is 423 g/mol. The van der Waals surface area contributed by atoms with Gasteiger partial charge in [0.1, 0.15) is 17.0 Å². The van der Waals surface area contributed by atoms with Gasteiger partial charge in [0.2, 0.25) is 5.82 Å². The van der Waals surface area contributed by atoms with Crippen molar-refractivity contribution in [3.05, 3.63) is 59.7 Å². The molecule has 0 spiro atoms. The number of fused-ring (bicyclic) bond motifs is 3. The van der Waals surface area contributed by atoms with Crippen LogP contribution in [0.4, 0.5) is 22.0 Å². The van der Waals surface area contributed by atoms with Crippen molar-refractivity contribution in [2.75, 3.05) is 0 Å². The number of amides is 1. The smallest absolute Gasteiger partial charge is 0.289 e. The number of carbonyl (C=O) groups is 1. The van der Waals surface area contributed by atoms with Gasteiger partial charge in [0.05, 0.1) is 5.69 Å². The summed E-state index contributed by atoms with van der Waals surface area (Å²) in [5.41, 5.74) is 2.58. The van der Waals surface area contributed by atoms with Crippen LogP contribution >= 0.6 is 0 Å². The van der Waals surface area contributed by atoms with Gasteiger partial charge in [-0.1, -0.05) is 29.8 Å². The molecule has 7 nitrogen and oxygen atoms in total. The minimum absolute atomic E-state index is 0.0981. The number of alkyl halides is 5. The molecule has 0 radical (unpaired) electrons. The van der Waals surface area contributed by atoms with Crippen molar-refractivity contribution in [1.82, 2.24) is 24.8 Å². The van der Waals surface area contributed by atoms with Crippen LogP contribution in [-0.2, 0) is 5.92 Å². The summed E-state index contributed by atoms with van der Waals surface area (Å²) in [5, 5.41) is 0.190. The van der Waals surface area contributed by atoms with E-state index in [0.29, 0.717) is 5.56 Å². The molecule has 3 aromatic heterocycles. The third-order valence-corrected chi connectivity index (χ3v) is 4.61. The molecule has 3 heterocycles. The average Bonchev–Trinajstić information content (AvgIpc) is 3.17. The summed E-state index contributed by atoms with van der Waals surface area (Å²) in [7, 11) is 0. The van der Waals surface area contributed by atoms with E-state index in [1.54, 1.807) is 31.2 Å². The number of nitrogens with one attached hydrogen (secondary N) is 1. The summed E-state index contributed by atoms with van der Waals surface area (Å²) in [6, 6.07) is 9.34. The Balaban J connectivity index is 2.09. The zero-order valence-corrected chi connectivity index (χ0v) is 15.7. The van der Waals surface area contributed by atoms with Crippen LogP contribution in [0.25, 0.3) is 27.9 Å². The molecule has 0 aliphatic rings. The van der Waals surface area contributed by atoms with E-state index in [-0.39, 0.29) is 28.1 Å². The maximum Gasteiger partial charge on any atom is 0.461 e. The summed E-state index contributed by atoms with van der Waals surface area (Å²) in [5.74, 6) is -2.71. The van der Waals surface area contributed by atoms with Crippen molar-refractivity contribution in [3.63, 3.8) is 0 Å². The predicted molar refractivity (Wildman–Crippen MR) is 100 cm³/mol. The fourth-order valence-electron chi connectivity index (χ4n) is 3.02. The minimum atomic E-state index is -5.90. The highest BCUT2D eigenvalue weighted by atomic mass is 19.4. The van der Waals surface area contributed by atoms with E-state index in [9.17, 15) is 26.7 Å². The number of aromatic nitrogens is 4. The molecule has 0 saturated heterocycles. The maximum atomic E-state index is 14.2. The molecular formula is C19H13F5N6O. The molecule has 0 atom stereocenters. The van der Waals surface area contributed by atoms with Crippen molar-refractivity contribution in [3.8, 4) is 11.3 Å². The second-order valence-electron chi connectivity index (χ2n) is 6.73. The van der Waals surface area contributed by atoms with Crippen LogP contribution in [0, 0.1) is 6.92 Å². The van der Waals surface area contributed by atoms with E-state index in [2.05, 4.69) is 15.0 Å². The first-order valence-electron chi connectivity index (χ1n) is 8.76. The zero-order valence-electron chi connectivity index (χ0n) is 15.7. The molecule has 4 rings (SSSR count). The van der Waals surface area contributed by atoms with Crippen LogP contribution in [0.2, 0.25) is 0 Å². The van der Waals surface area contributed by atoms with Gasteiger partial charge in [-0.25, -0.2) is 20.8 Å². The predicted octanol–water partition coefficient (Wildman–Crippen LogP) is 3.51. The Labute approximate surface area is 170 Å². The quantitative estimate of drug-likeness (QED) is 0.222. The van der Waals surface area contributed by atoms with Crippen LogP contribution in [0.5, 0.6) is 0 Å². The van der Waals surface area contributed by atoms with Gasteiger partial charge in [-0.3, -0.25) is 14.6 Å². The van der Waals surface area contributed by atoms with Gasteiger partial charge in [0, 0.05) is 17.1 Å². The second kappa shape index (κ2) is 6.94. The van der Waals surface area contributed by atoms with E-state index >= 15 is 0 Å². The normalized spacial score (nSPS) is 12.5. The first kappa shape index (κ1) is 20.6. The van der Waals surface area contributed by atoms with Crippen LogP contribution in [0.1, 0.15) is 21.9 Å². The molecule has 31 heavy (non-hydrogen) atoms. The molecule has 3 N–H and O–H groups in total. The Bertz CT molecular complexity index is 1310. The van der Waals surface area contributed by atoms with Crippen molar-refractivity contribution >= 4 is 22.6 Å². The molecule has 1 aromatic carbocycles. The van der Waals surface area contributed by atoms with Crippen molar-refractivity contribution < 1.29 is 26.7 Å². The van der Waals surface area contributed by atoms with E-state index in [4.69, 9.17) is 5.84 Å². The van der Waals surface area contributed by atoms with Crippen LogP contribution < -0.4 is 11.3 Å². The number of nitrogens with two attached hydrogens (primary N) is 1. The third-order valence-electron chi connectivity index (χ3n) is 4.61. The summed E-state index contributed by atoms with van der Waals surface area (Å²) in [6.45, 7) is 1.80. The Morgan fingerprint density at radius 1 is 1.00 bits per heavy atom. The number of hydrazine groups is 1. The lowest BCUT2D eigenvalue weighted by Gasteiger charge is -2.19. The number of halogens is 5. The highest BCUT2D eigenvalue weighted by Gasteiger charge is 2.61. The highest BCUT2D eigenvalue weighted by molar-refractivity contribution is 5.95. The number of hydrogen-bond acceptors (Lipinski definition) is 5. The molecule has 0 saturated carbocycles. The number of rotatable bonds is 3. The summed E-state index contributed by atoms with van der Waals surface area (Å²) >= 11 is 0. The third kappa shape index (κ3) is 3.34. The second-order valence-corrected chi connectivity index (χ2v) is 6.73. The van der Waals surface area contributed by atoms with Gasteiger partial charge in [-0.2, -0.15) is 22.0 Å². The van der Waals surface area contributed by atoms with Gasteiger partial charge in [0.25, 0.3) is 5.91 Å². The molecule has 0 fully saturated rings.